The number of carbonyl (C=O) groups excluding carboxylic acids is 1. The average molecular weight is 246 g/mol. The summed E-state index contributed by atoms with van der Waals surface area (Å²) in [4.78, 5) is 12.8. The lowest BCUT2D eigenvalue weighted by molar-refractivity contribution is -0.00697. The number of rotatable bonds is 3. The van der Waals surface area contributed by atoms with Gasteiger partial charge in [0.05, 0.1) is 0 Å². The van der Waals surface area contributed by atoms with Gasteiger partial charge < -0.3 is 4.74 Å². The molecule has 1 aliphatic carbocycles. The van der Waals surface area contributed by atoms with Gasteiger partial charge in [0.25, 0.3) is 0 Å². The number of hydrogen-bond acceptors (Lipinski definition) is 2. The smallest absolute Gasteiger partial charge is 0.194 e. The molecule has 1 aromatic carbocycles. The Labute approximate surface area is 109 Å². The fraction of sp³-hybridized carbons (Fsp3) is 0.562. The molecule has 0 saturated heterocycles. The van der Waals surface area contributed by atoms with Crippen LogP contribution >= 0.6 is 0 Å². The molecule has 98 valence electrons. The number of methoxy groups -OCH3 is 1. The molecule has 2 heteroatoms. The summed E-state index contributed by atoms with van der Waals surface area (Å²) in [6.07, 6.45) is 6.32. The van der Waals surface area contributed by atoms with E-state index in [4.69, 9.17) is 4.74 Å². The first-order valence-corrected chi connectivity index (χ1v) is 6.85. The predicted octanol–water partition coefficient (Wildman–Crippen LogP) is 3.92. The second-order valence-corrected chi connectivity index (χ2v) is 5.26. The molecule has 0 bridgehead atoms. The van der Waals surface area contributed by atoms with Crippen LogP contribution in [0, 0.1) is 6.92 Å². The number of hydrogen-bond donors (Lipinski definition) is 0. The molecule has 18 heavy (non-hydrogen) atoms. The lowest BCUT2D eigenvalue weighted by Crippen LogP contribution is -2.40. The second-order valence-electron chi connectivity index (χ2n) is 5.26. The van der Waals surface area contributed by atoms with Crippen molar-refractivity contribution < 1.29 is 9.53 Å². The molecule has 0 N–H and O–H groups in total. The topological polar surface area (TPSA) is 26.3 Å². The van der Waals surface area contributed by atoms with Crippen LogP contribution in [0.15, 0.2) is 24.3 Å². The van der Waals surface area contributed by atoms with Crippen LogP contribution in [0.4, 0.5) is 0 Å². The zero-order valence-corrected chi connectivity index (χ0v) is 11.4. The van der Waals surface area contributed by atoms with E-state index in [9.17, 15) is 4.79 Å². The van der Waals surface area contributed by atoms with Crippen molar-refractivity contribution in [3.8, 4) is 0 Å². The third-order valence-electron chi connectivity index (χ3n) is 4.11. The molecule has 0 radical (unpaired) electrons. The molecule has 2 rings (SSSR count). The Morgan fingerprint density at radius 3 is 2.28 bits per heavy atom. The Balaban J connectivity index is 2.32. The molecule has 0 aromatic heterocycles. The second kappa shape index (κ2) is 5.66. The minimum atomic E-state index is -0.581. The van der Waals surface area contributed by atoms with Gasteiger partial charge in [-0.15, -0.1) is 0 Å². The number of benzene rings is 1. The first-order chi connectivity index (χ1) is 8.69. The molecule has 1 aromatic rings. The molecule has 0 atom stereocenters. The lowest BCUT2D eigenvalue weighted by atomic mass is 9.84. The lowest BCUT2D eigenvalue weighted by Gasteiger charge is -2.30. The molecule has 0 aliphatic heterocycles. The van der Waals surface area contributed by atoms with Crippen molar-refractivity contribution in [1.29, 1.82) is 0 Å². The van der Waals surface area contributed by atoms with Gasteiger partial charge in [-0.1, -0.05) is 49.9 Å². The molecular formula is C16H22O2. The summed E-state index contributed by atoms with van der Waals surface area (Å²) in [6, 6.07) is 7.82. The van der Waals surface area contributed by atoms with E-state index in [-0.39, 0.29) is 5.78 Å². The van der Waals surface area contributed by atoms with Crippen LogP contribution in [-0.2, 0) is 4.74 Å². The number of carbonyl (C=O) groups is 1. The first-order valence-electron chi connectivity index (χ1n) is 6.85. The first kappa shape index (κ1) is 13.3. The summed E-state index contributed by atoms with van der Waals surface area (Å²) in [6.45, 7) is 1.99. The van der Waals surface area contributed by atoms with Crippen molar-refractivity contribution in [1.82, 2.24) is 0 Å². The van der Waals surface area contributed by atoms with Gasteiger partial charge in [0.15, 0.2) is 5.78 Å². The van der Waals surface area contributed by atoms with Gasteiger partial charge in [0, 0.05) is 12.7 Å². The maximum Gasteiger partial charge on any atom is 0.194 e. The highest BCUT2D eigenvalue weighted by atomic mass is 16.5. The van der Waals surface area contributed by atoms with Crippen LogP contribution in [-0.4, -0.2) is 18.5 Å². The molecule has 0 unspecified atom stereocenters. The summed E-state index contributed by atoms with van der Waals surface area (Å²) in [5.74, 6) is 0.171. The molecule has 1 fully saturated rings. The van der Waals surface area contributed by atoms with Gasteiger partial charge in [-0.05, 0) is 25.3 Å². The molecule has 1 aliphatic rings. The number of ketones is 1. The highest BCUT2D eigenvalue weighted by molar-refractivity contribution is 6.03. The van der Waals surface area contributed by atoms with Crippen LogP contribution in [0.5, 0.6) is 0 Å². The largest absolute Gasteiger partial charge is 0.370 e. The van der Waals surface area contributed by atoms with Crippen LogP contribution in [0.1, 0.15) is 54.4 Å². The zero-order chi connectivity index (χ0) is 13.0. The summed E-state index contributed by atoms with van der Waals surface area (Å²) in [5.41, 5.74) is 1.28. The van der Waals surface area contributed by atoms with Crippen molar-refractivity contribution in [3.63, 3.8) is 0 Å². The van der Waals surface area contributed by atoms with Crippen LogP contribution < -0.4 is 0 Å². The Kier molecular flexibility index (Phi) is 4.18. The van der Waals surface area contributed by atoms with Gasteiger partial charge in [0.2, 0.25) is 0 Å². The van der Waals surface area contributed by atoms with Crippen LogP contribution in [0.2, 0.25) is 0 Å². The quantitative estimate of drug-likeness (QED) is 0.597. The SMILES string of the molecule is COC1(C(=O)c2ccccc2C)CCCCCC1. The number of Topliss-reactive ketones (excluding diaryl/α,β-unsaturated/α-hetero) is 1. The standard InChI is InChI=1S/C16H22O2/c1-13-9-5-6-10-14(13)15(17)16(18-2)11-7-3-4-8-12-16/h5-6,9-10H,3-4,7-8,11-12H2,1-2H3. The highest BCUT2D eigenvalue weighted by Crippen LogP contribution is 2.33. The fourth-order valence-corrected chi connectivity index (χ4v) is 2.90. The van der Waals surface area contributed by atoms with Gasteiger partial charge >= 0.3 is 0 Å². The number of ether oxygens (including phenoxy) is 1. The molecular weight excluding hydrogens is 224 g/mol. The molecule has 0 heterocycles. The Bertz CT molecular complexity index is 415. The van der Waals surface area contributed by atoms with Gasteiger partial charge in [0.1, 0.15) is 5.60 Å². The van der Waals surface area contributed by atoms with E-state index in [1.807, 2.05) is 31.2 Å². The van der Waals surface area contributed by atoms with Gasteiger partial charge in [-0.3, -0.25) is 4.79 Å². The minimum absolute atomic E-state index is 0.171. The molecule has 1 saturated carbocycles. The maximum atomic E-state index is 12.8. The van der Waals surface area contributed by atoms with Crippen molar-refractivity contribution in [3.05, 3.63) is 35.4 Å². The highest BCUT2D eigenvalue weighted by Gasteiger charge is 2.39. The van der Waals surface area contributed by atoms with Crippen molar-refractivity contribution in [2.75, 3.05) is 7.11 Å². The number of aryl methyl sites for hydroxylation is 1. The van der Waals surface area contributed by atoms with E-state index >= 15 is 0 Å². The Hall–Kier alpha value is -1.15. The summed E-state index contributed by atoms with van der Waals surface area (Å²) < 4.78 is 5.68. The zero-order valence-electron chi connectivity index (χ0n) is 11.4. The van der Waals surface area contributed by atoms with Crippen molar-refractivity contribution in [2.45, 2.75) is 51.0 Å². The summed E-state index contributed by atoms with van der Waals surface area (Å²) in [7, 11) is 1.68. The summed E-state index contributed by atoms with van der Waals surface area (Å²) in [5, 5.41) is 0. The Morgan fingerprint density at radius 1 is 1.11 bits per heavy atom. The van der Waals surface area contributed by atoms with Crippen molar-refractivity contribution >= 4 is 5.78 Å². The minimum Gasteiger partial charge on any atom is -0.370 e. The maximum absolute atomic E-state index is 12.8. The molecule has 0 spiro atoms. The third kappa shape index (κ3) is 2.49. The van der Waals surface area contributed by atoms with Crippen molar-refractivity contribution in [2.24, 2.45) is 0 Å². The van der Waals surface area contributed by atoms with E-state index in [1.54, 1.807) is 7.11 Å². The van der Waals surface area contributed by atoms with Gasteiger partial charge in [-0.25, -0.2) is 0 Å². The predicted molar refractivity (Wildman–Crippen MR) is 73.0 cm³/mol. The van der Waals surface area contributed by atoms with E-state index < -0.39 is 5.60 Å². The van der Waals surface area contributed by atoms with E-state index in [1.165, 1.54) is 12.8 Å². The van der Waals surface area contributed by atoms with Crippen LogP contribution in [0.3, 0.4) is 0 Å². The monoisotopic (exact) mass is 246 g/mol. The average Bonchev–Trinajstić information content (AvgIpc) is 2.65. The van der Waals surface area contributed by atoms with Gasteiger partial charge in [-0.2, -0.15) is 0 Å². The third-order valence-corrected chi connectivity index (χ3v) is 4.11. The molecule has 0 amide bonds. The molecule has 2 nitrogen and oxygen atoms in total. The normalized spacial score (nSPS) is 19.2. The van der Waals surface area contributed by atoms with E-state index in [0.29, 0.717) is 0 Å². The van der Waals surface area contributed by atoms with E-state index in [2.05, 4.69) is 0 Å². The van der Waals surface area contributed by atoms with E-state index in [0.717, 1.165) is 36.8 Å². The summed E-state index contributed by atoms with van der Waals surface area (Å²) >= 11 is 0. The van der Waals surface area contributed by atoms with Crippen LogP contribution in [0.25, 0.3) is 0 Å². The Morgan fingerprint density at radius 2 is 1.72 bits per heavy atom. The fourth-order valence-electron chi connectivity index (χ4n) is 2.90.